The number of rotatable bonds is 2. The van der Waals surface area contributed by atoms with Crippen LogP contribution in [0.25, 0.3) is 0 Å². The molecule has 0 aliphatic heterocycles. The topological polar surface area (TPSA) is 54.9 Å². The Morgan fingerprint density at radius 1 is 1.35 bits per heavy atom. The lowest BCUT2D eigenvalue weighted by molar-refractivity contribution is 0.102. The van der Waals surface area contributed by atoms with Crippen molar-refractivity contribution in [3.63, 3.8) is 0 Å². The molecule has 0 bridgehead atoms. The Kier molecular flexibility index (Phi) is 4.06. The van der Waals surface area contributed by atoms with Gasteiger partial charge < -0.3 is 5.32 Å². The molecule has 0 aliphatic rings. The van der Waals surface area contributed by atoms with Gasteiger partial charge in [-0.2, -0.15) is 0 Å². The third-order valence-electron chi connectivity index (χ3n) is 1.98. The molecule has 0 saturated heterocycles. The van der Waals surface area contributed by atoms with Crippen LogP contribution in [0, 0.1) is 3.57 Å². The molecule has 17 heavy (non-hydrogen) atoms. The molecule has 1 amide bonds. The van der Waals surface area contributed by atoms with Crippen molar-refractivity contribution in [1.29, 1.82) is 0 Å². The second kappa shape index (κ2) is 5.54. The molecule has 0 radical (unpaired) electrons. The maximum atomic E-state index is 12.0. The largest absolute Gasteiger partial charge is 0.305 e. The Morgan fingerprint density at radius 2 is 2.18 bits per heavy atom. The number of benzene rings is 1. The first-order valence-electron chi connectivity index (χ1n) is 4.69. The number of hydrogen-bond acceptors (Lipinski definition) is 3. The molecule has 0 saturated carbocycles. The molecule has 6 heteroatoms. The van der Waals surface area contributed by atoms with Gasteiger partial charge in [0.15, 0.2) is 5.82 Å². The predicted octanol–water partition coefficient (Wildman–Crippen LogP) is 3.10. The van der Waals surface area contributed by atoms with Gasteiger partial charge in [0.25, 0.3) is 5.91 Å². The van der Waals surface area contributed by atoms with E-state index in [1.54, 1.807) is 12.3 Å². The molecule has 86 valence electrons. The van der Waals surface area contributed by atoms with Gasteiger partial charge >= 0.3 is 0 Å². The number of hydrogen-bond donors (Lipinski definition) is 1. The minimum atomic E-state index is -0.198. The zero-order chi connectivity index (χ0) is 12.3. The van der Waals surface area contributed by atoms with Crippen molar-refractivity contribution in [2.75, 3.05) is 5.32 Å². The molecule has 1 aromatic carbocycles. The first-order valence-corrected chi connectivity index (χ1v) is 6.56. The quantitative estimate of drug-likeness (QED) is 0.784. The Hall–Kier alpha value is -1.02. The van der Waals surface area contributed by atoms with Crippen molar-refractivity contribution < 1.29 is 4.79 Å². The third-order valence-corrected chi connectivity index (χ3v) is 3.41. The summed E-state index contributed by atoms with van der Waals surface area (Å²) < 4.78 is 1.74. The fourth-order valence-electron chi connectivity index (χ4n) is 1.22. The summed E-state index contributed by atoms with van der Waals surface area (Å²) in [4.78, 5) is 19.9. The van der Waals surface area contributed by atoms with Crippen LogP contribution in [0.4, 0.5) is 5.82 Å². The van der Waals surface area contributed by atoms with Gasteiger partial charge in [0, 0.05) is 20.4 Å². The first kappa shape index (κ1) is 12.4. The van der Waals surface area contributed by atoms with E-state index in [1.807, 2.05) is 12.1 Å². The standard InChI is InChI=1S/C11H7BrIN3O/c12-7-1-2-9(13)8(5-7)11(17)16-10-6-14-3-4-15-10/h1-6H,(H,15,16,17). The number of carbonyl (C=O) groups is 1. The van der Waals surface area contributed by atoms with Gasteiger partial charge in [-0.05, 0) is 40.8 Å². The summed E-state index contributed by atoms with van der Waals surface area (Å²) in [5.74, 6) is 0.240. The number of nitrogens with zero attached hydrogens (tertiary/aromatic N) is 2. The van der Waals surface area contributed by atoms with Gasteiger partial charge in [-0.25, -0.2) is 4.98 Å². The van der Waals surface area contributed by atoms with E-state index in [-0.39, 0.29) is 5.91 Å². The van der Waals surface area contributed by atoms with Gasteiger partial charge in [-0.1, -0.05) is 15.9 Å². The van der Waals surface area contributed by atoms with Crippen LogP contribution < -0.4 is 5.32 Å². The van der Waals surface area contributed by atoms with Gasteiger partial charge in [0.05, 0.1) is 11.8 Å². The highest BCUT2D eigenvalue weighted by molar-refractivity contribution is 14.1. The van der Waals surface area contributed by atoms with E-state index >= 15 is 0 Å². The Morgan fingerprint density at radius 3 is 2.88 bits per heavy atom. The van der Waals surface area contributed by atoms with E-state index in [0.717, 1.165) is 8.04 Å². The normalized spacial score (nSPS) is 10.0. The molecule has 2 aromatic rings. The molecule has 1 heterocycles. The van der Waals surface area contributed by atoms with Crippen molar-refractivity contribution in [1.82, 2.24) is 9.97 Å². The van der Waals surface area contributed by atoms with E-state index < -0.39 is 0 Å². The molecular formula is C11H7BrIN3O. The molecule has 0 atom stereocenters. The molecule has 0 aliphatic carbocycles. The van der Waals surface area contributed by atoms with E-state index in [2.05, 4.69) is 53.8 Å². The first-order chi connectivity index (χ1) is 8.16. The Labute approximate surface area is 120 Å². The summed E-state index contributed by atoms with van der Waals surface area (Å²) in [5.41, 5.74) is 0.602. The molecule has 4 nitrogen and oxygen atoms in total. The van der Waals surface area contributed by atoms with Gasteiger partial charge in [-0.15, -0.1) is 0 Å². The van der Waals surface area contributed by atoms with Crippen LogP contribution in [0.3, 0.4) is 0 Å². The van der Waals surface area contributed by atoms with E-state index in [9.17, 15) is 4.79 Å². The second-order valence-electron chi connectivity index (χ2n) is 3.17. The van der Waals surface area contributed by atoms with Gasteiger partial charge in [0.1, 0.15) is 0 Å². The number of aromatic nitrogens is 2. The van der Waals surface area contributed by atoms with Crippen LogP contribution in [0.15, 0.2) is 41.3 Å². The third kappa shape index (κ3) is 3.22. The zero-order valence-electron chi connectivity index (χ0n) is 8.52. The average molecular weight is 404 g/mol. The summed E-state index contributed by atoms with van der Waals surface area (Å²) in [6.07, 6.45) is 4.59. The lowest BCUT2D eigenvalue weighted by atomic mass is 10.2. The van der Waals surface area contributed by atoms with E-state index in [1.165, 1.54) is 12.4 Å². The lowest BCUT2D eigenvalue weighted by Gasteiger charge is -2.06. The molecule has 0 fully saturated rings. The van der Waals surface area contributed by atoms with Crippen molar-refractivity contribution in [2.24, 2.45) is 0 Å². The Balaban J connectivity index is 2.23. The molecule has 1 aromatic heterocycles. The number of nitrogens with one attached hydrogen (secondary N) is 1. The summed E-state index contributed by atoms with van der Waals surface area (Å²) in [6, 6.07) is 5.53. The van der Waals surface area contributed by atoms with Crippen LogP contribution in [0.1, 0.15) is 10.4 Å². The van der Waals surface area contributed by atoms with Crippen molar-refractivity contribution in [2.45, 2.75) is 0 Å². The fraction of sp³-hybridized carbons (Fsp3) is 0. The van der Waals surface area contributed by atoms with E-state index in [4.69, 9.17) is 0 Å². The summed E-state index contributed by atoms with van der Waals surface area (Å²) >= 11 is 5.46. The zero-order valence-corrected chi connectivity index (χ0v) is 12.3. The van der Waals surface area contributed by atoms with Crippen LogP contribution in [-0.2, 0) is 0 Å². The lowest BCUT2D eigenvalue weighted by Crippen LogP contribution is -2.14. The highest BCUT2D eigenvalue weighted by atomic mass is 127. The van der Waals surface area contributed by atoms with Gasteiger partial charge in [0.2, 0.25) is 0 Å². The number of amides is 1. The van der Waals surface area contributed by atoms with Crippen LogP contribution >= 0.6 is 38.5 Å². The minimum absolute atomic E-state index is 0.198. The number of carbonyl (C=O) groups excluding carboxylic acids is 1. The molecule has 0 unspecified atom stereocenters. The van der Waals surface area contributed by atoms with Crippen molar-refractivity contribution in [3.05, 3.63) is 50.4 Å². The van der Waals surface area contributed by atoms with Crippen LogP contribution in [-0.4, -0.2) is 15.9 Å². The monoisotopic (exact) mass is 403 g/mol. The van der Waals surface area contributed by atoms with Crippen LogP contribution in [0.2, 0.25) is 0 Å². The highest BCUT2D eigenvalue weighted by Gasteiger charge is 2.11. The molecular weight excluding hydrogens is 397 g/mol. The smallest absolute Gasteiger partial charge is 0.257 e. The number of anilines is 1. The second-order valence-corrected chi connectivity index (χ2v) is 5.25. The highest BCUT2D eigenvalue weighted by Crippen LogP contribution is 2.19. The SMILES string of the molecule is O=C(Nc1cnccn1)c1cc(Br)ccc1I. The van der Waals surface area contributed by atoms with Crippen molar-refractivity contribution in [3.8, 4) is 0 Å². The summed E-state index contributed by atoms with van der Waals surface area (Å²) in [7, 11) is 0. The summed E-state index contributed by atoms with van der Waals surface area (Å²) in [5, 5.41) is 2.69. The number of halogens is 2. The molecule has 2 rings (SSSR count). The van der Waals surface area contributed by atoms with Crippen molar-refractivity contribution >= 4 is 50.2 Å². The fourth-order valence-corrected chi connectivity index (χ4v) is 2.16. The van der Waals surface area contributed by atoms with E-state index in [0.29, 0.717) is 11.4 Å². The van der Waals surface area contributed by atoms with Crippen LogP contribution in [0.5, 0.6) is 0 Å². The predicted molar refractivity (Wildman–Crippen MR) is 76.8 cm³/mol. The average Bonchev–Trinajstić information content (AvgIpc) is 2.33. The maximum absolute atomic E-state index is 12.0. The minimum Gasteiger partial charge on any atom is -0.305 e. The molecule has 0 spiro atoms. The molecule has 1 N–H and O–H groups in total. The van der Waals surface area contributed by atoms with Gasteiger partial charge in [-0.3, -0.25) is 9.78 Å². The Bertz CT molecular complexity index is 548. The maximum Gasteiger partial charge on any atom is 0.257 e. The summed E-state index contributed by atoms with van der Waals surface area (Å²) in [6.45, 7) is 0.